The van der Waals surface area contributed by atoms with Gasteiger partial charge in [-0.2, -0.15) is 5.10 Å². The average Bonchev–Trinajstić information content (AvgIpc) is 2.66. The number of benzene rings is 2. The van der Waals surface area contributed by atoms with Gasteiger partial charge in [0.25, 0.3) is 0 Å². The summed E-state index contributed by atoms with van der Waals surface area (Å²) in [5.41, 5.74) is 5.42. The maximum absolute atomic E-state index is 11.9. The molecule has 0 radical (unpaired) electrons. The fraction of sp³-hybridized carbons (Fsp3) is 0.263. The predicted octanol–water partition coefficient (Wildman–Crippen LogP) is 3.23. The van der Waals surface area contributed by atoms with Crippen LogP contribution in [0.15, 0.2) is 53.6 Å². The fourth-order valence-electron chi connectivity index (χ4n) is 2.35. The molecule has 130 valence electrons. The number of amides is 1. The van der Waals surface area contributed by atoms with Gasteiger partial charge in [-0.25, -0.2) is 5.43 Å². The Morgan fingerprint density at radius 1 is 1.12 bits per heavy atom. The molecule has 0 saturated heterocycles. The standard InChI is InChI=1S/C19H20N2O3S/c1-14(16-7-8-17-18(11-16)24-10-9-23-17)20-21-19(22)13-25-12-15-5-3-2-4-6-15/h2-8,11H,9-10,12-13H2,1H3,(H,21,22)/b20-14-. The number of fused-ring (bicyclic) bond motifs is 1. The number of hydrogen-bond acceptors (Lipinski definition) is 5. The first-order valence-electron chi connectivity index (χ1n) is 8.07. The summed E-state index contributed by atoms with van der Waals surface area (Å²) in [6.07, 6.45) is 0. The minimum absolute atomic E-state index is 0.113. The molecule has 0 atom stereocenters. The van der Waals surface area contributed by atoms with E-state index >= 15 is 0 Å². The topological polar surface area (TPSA) is 59.9 Å². The van der Waals surface area contributed by atoms with E-state index in [1.165, 1.54) is 5.56 Å². The molecule has 0 fully saturated rings. The molecule has 1 amide bonds. The van der Waals surface area contributed by atoms with Crippen molar-refractivity contribution in [1.82, 2.24) is 5.43 Å². The molecule has 1 heterocycles. The van der Waals surface area contributed by atoms with Crippen LogP contribution in [0.3, 0.4) is 0 Å². The van der Waals surface area contributed by atoms with Crippen molar-refractivity contribution in [3.8, 4) is 11.5 Å². The number of carbonyl (C=O) groups excluding carboxylic acids is 1. The summed E-state index contributed by atoms with van der Waals surface area (Å²) in [5, 5.41) is 4.18. The van der Waals surface area contributed by atoms with Crippen molar-refractivity contribution in [2.75, 3.05) is 19.0 Å². The molecule has 2 aromatic carbocycles. The molecule has 0 aromatic heterocycles. The van der Waals surface area contributed by atoms with Gasteiger partial charge in [-0.05, 0) is 30.7 Å². The largest absolute Gasteiger partial charge is 0.486 e. The zero-order chi connectivity index (χ0) is 17.5. The van der Waals surface area contributed by atoms with Crippen LogP contribution >= 0.6 is 11.8 Å². The maximum Gasteiger partial charge on any atom is 0.250 e. The van der Waals surface area contributed by atoms with E-state index in [9.17, 15) is 4.79 Å². The lowest BCUT2D eigenvalue weighted by molar-refractivity contribution is -0.118. The lowest BCUT2D eigenvalue weighted by Crippen LogP contribution is -2.21. The number of hydrogen-bond donors (Lipinski definition) is 1. The van der Waals surface area contributed by atoms with Crippen LogP contribution in [0.1, 0.15) is 18.1 Å². The first-order valence-corrected chi connectivity index (χ1v) is 9.22. The highest BCUT2D eigenvalue weighted by molar-refractivity contribution is 7.99. The second kappa shape index (κ2) is 8.58. The molecule has 0 saturated carbocycles. The zero-order valence-corrected chi connectivity index (χ0v) is 14.8. The molecule has 6 heteroatoms. The van der Waals surface area contributed by atoms with Gasteiger partial charge in [0.2, 0.25) is 5.91 Å². The molecular formula is C19H20N2O3S. The quantitative estimate of drug-likeness (QED) is 0.638. The number of nitrogens with zero attached hydrogens (tertiary/aromatic N) is 1. The van der Waals surface area contributed by atoms with E-state index in [1.54, 1.807) is 11.8 Å². The van der Waals surface area contributed by atoms with Crippen molar-refractivity contribution >= 4 is 23.4 Å². The van der Waals surface area contributed by atoms with E-state index < -0.39 is 0 Å². The van der Waals surface area contributed by atoms with Crippen LogP contribution in [0.25, 0.3) is 0 Å². The highest BCUT2D eigenvalue weighted by Crippen LogP contribution is 2.30. The van der Waals surface area contributed by atoms with Crippen LogP contribution in [0, 0.1) is 0 Å². The number of ether oxygens (including phenoxy) is 2. The van der Waals surface area contributed by atoms with Gasteiger partial charge in [-0.3, -0.25) is 4.79 Å². The Hall–Kier alpha value is -2.47. The average molecular weight is 356 g/mol. The van der Waals surface area contributed by atoms with Crippen molar-refractivity contribution in [2.24, 2.45) is 5.10 Å². The molecule has 0 unspecified atom stereocenters. The van der Waals surface area contributed by atoms with Crippen LogP contribution in [0.4, 0.5) is 0 Å². The Morgan fingerprint density at radius 2 is 1.88 bits per heavy atom. The van der Waals surface area contributed by atoms with Gasteiger partial charge >= 0.3 is 0 Å². The minimum atomic E-state index is -0.113. The van der Waals surface area contributed by atoms with Crippen LogP contribution < -0.4 is 14.9 Å². The molecule has 0 aliphatic carbocycles. The molecule has 5 nitrogen and oxygen atoms in total. The van der Waals surface area contributed by atoms with Crippen molar-refractivity contribution in [3.05, 3.63) is 59.7 Å². The normalized spacial score (nSPS) is 13.4. The van der Waals surface area contributed by atoms with E-state index in [-0.39, 0.29) is 5.91 Å². The highest BCUT2D eigenvalue weighted by atomic mass is 32.2. The van der Waals surface area contributed by atoms with Gasteiger partial charge in [0.1, 0.15) is 13.2 Å². The lowest BCUT2D eigenvalue weighted by Gasteiger charge is -2.18. The zero-order valence-electron chi connectivity index (χ0n) is 14.0. The second-order valence-corrected chi connectivity index (χ2v) is 6.55. The number of hydrazone groups is 1. The Balaban J connectivity index is 1.50. The van der Waals surface area contributed by atoms with Crippen molar-refractivity contribution in [1.29, 1.82) is 0 Å². The highest BCUT2D eigenvalue weighted by Gasteiger charge is 2.12. The van der Waals surface area contributed by atoms with Gasteiger partial charge < -0.3 is 9.47 Å². The third-order valence-electron chi connectivity index (χ3n) is 3.65. The van der Waals surface area contributed by atoms with Gasteiger partial charge in [0, 0.05) is 11.3 Å². The van der Waals surface area contributed by atoms with Gasteiger partial charge in [-0.15, -0.1) is 11.8 Å². The number of thioether (sulfide) groups is 1. The molecule has 0 bridgehead atoms. The second-order valence-electron chi connectivity index (χ2n) is 5.57. The summed E-state index contributed by atoms with van der Waals surface area (Å²) in [4.78, 5) is 11.9. The lowest BCUT2D eigenvalue weighted by atomic mass is 10.1. The number of carbonyl (C=O) groups is 1. The van der Waals surface area contributed by atoms with Gasteiger partial charge in [0.05, 0.1) is 11.5 Å². The Kier molecular flexibility index (Phi) is 5.95. The molecule has 1 aliphatic heterocycles. The number of nitrogens with one attached hydrogen (secondary N) is 1. The van der Waals surface area contributed by atoms with Crippen LogP contribution in [0.2, 0.25) is 0 Å². The predicted molar refractivity (Wildman–Crippen MR) is 100 cm³/mol. The number of rotatable bonds is 6. The molecule has 1 aliphatic rings. The van der Waals surface area contributed by atoms with E-state index in [1.807, 2.05) is 43.3 Å². The van der Waals surface area contributed by atoms with Crippen LogP contribution in [-0.2, 0) is 10.5 Å². The van der Waals surface area contributed by atoms with Gasteiger partial charge in [0.15, 0.2) is 11.5 Å². The Bertz CT molecular complexity index is 763. The summed E-state index contributed by atoms with van der Waals surface area (Å²) in [7, 11) is 0. The third kappa shape index (κ3) is 5.00. The van der Waals surface area contributed by atoms with Gasteiger partial charge in [-0.1, -0.05) is 30.3 Å². The van der Waals surface area contributed by atoms with E-state index in [0.29, 0.717) is 24.7 Å². The maximum atomic E-state index is 11.9. The third-order valence-corrected chi connectivity index (χ3v) is 4.66. The molecule has 0 spiro atoms. The SMILES string of the molecule is C/C(=N/NC(=O)CSCc1ccccc1)c1ccc2c(c1)OCCO2. The summed E-state index contributed by atoms with van der Waals surface area (Å²) in [6.45, 7) is 2.96. The smallest absolute Gasteiger partial charge is 0.250 e. The summed E-state index contributed by atoms with van der Waals surface area (Å²) in [5.74, 6) is 2.51. The monoisotopic (exact) mass is 356 g/mol. The summed E-state index contributed by atoms with van der Waals surface area (Å²) in [6, 6.07) is 15.7. The summed E-state index contributed by atoms with van der Waals surface area (Å²) < 4.78 is 11.1. The Labute approximate surface area is 151 Å². The van der Waals surface area contributed by atoms with E-state index in [4.69, 9.17) is 9.47 Å². The van der Waals surface area contributed by atoms with Crippen LogP contribution in [0.5, 0.6) is 11.5 Å². The molecular weight excluding hydrogens is 336 g/mol. The van der Waals surface area contributed by atoms with Crippen molar-refractivity contribution in [2.45, 2.75) is 12.7 Å². The van der Waals surface area contributed by atoms with Crippen molar-refractivity contribution < 1.29 is 14.3 Å². The minimum Gasteiger partial charge on any atom is -0.486 e. The Morgan fingerprint density at radius 3 is 2.68 bits per heavy atom. The molecule has 3 rings (SSSR count). The first-order chi connectivity index (χ1) is 12.2. The van der Waals surface area contributed by atoms with E-state index in [0.717, 1.165) is 22.8 Å². The van der Waals surface area contributed by atoms with Crippen molar-refractivity contribution in [3.63, 3.8) is 0 Å². The summed E-state index contributed by atoms with van der Waals surface area (Å²) >= 11 is 1.56. The first kappa shape index (κ1) is 17.4. The van der Waals surface area contributed by atoms with E-state index in [2.05, 4.69) is 22.7 Å². The fourth-order valence-corrected chi connectivity index (χ4v) is 3.13. The molecule has 25 heavy (non-hydrogen) atoms. The molecule has 1 N–H and O–H groups in total. The molecule has 2 aromatic rings. The van der Waals surface area contributed by atoms with Crippen LogP contribution in [-0.4, -0.2) is 30.6 Å².